The van der Waals surface area contributed by atoms with Crippen LogP contribution in [0.4, 0.5) is 0 Å². The number of imidazole rings is 1. The average molecular weight is 489 g/mol. The molecule has 0 aliphatic rings. The van der Waals surface area contributed by atoms with Gasteiger partial charge in [0, 0.05) is 16.2 Å². The summed E-state index contributed by atoms with van der Waals surface area (Å²) in [5.74, 6) is -0.173. The Bertz CT molecular complexity index is 1450. The minimum Gasteiger partial charge on any atom is -0.330 e. The third-order valence-electron chi connectivity index (χ3n) is 4.85. The minimum atomic E-state index is -3.73. The van der Waals surface area contributed by atoms with Gasteiger partial charge in [0.15, 0.2) is 14.6 Å². The molecule has 0 unspecified atom stereocenters. The van der Waals surface area contributed by atoms with Crippen molar-refractivity contribution in [1.29, 1.82) is 0 Å². The molecule has 0 amide bonds. The van der Waals surface area contributed by atoms with Gasteiger partial charge in [-0.3, -0.25) is 4.57 Å². The maximum absolute atomic E-state index is 13.5. The Morgan fingerprint density at radius 2 is 1.61 bits per heavy atom. The summed E-state index contributed by atoms with van der Waals surface area (Å²) in [5, 5.41) is 1.08. The number of aryl methyl sites for hydroxylation is 1. The number of aromatic nitrogens is 2. The number of hydrogen-bond donors (Lipinski definition) is 1. The zero-order valence-corrected chi connectivity index (χ0v) is 19.6. The summed E-state index contributed by atoms with van der Waals surface area (Å²) in [5.41, 5.74) is 3.88. The molecule has 31 heavy (non-hydrogen) atoms. The van der Waals surface area contributed by atoms with E-state index < -0.39 is 9.84 Å². The van der Waals surface area contributed by atoms with Crippen molar-refractivity contribution < 1.29 is 8.42 Å². The van der Waals surface area contributed by atoms with Crippen LogP contribution in [0.1, 0.15) is 16.7 Å². The highest BCUT2D eigenvalue weighted by Crippen LogP contribution is 2.29. The Labute approximate surface area is 195 Å². The first-order valence-corrected chi connectivity index (χ1v) is 12.2. The van der Waals surface area contributed by atoms with Crippen LogP contribution in [0, 0.1) is 11.7 Å². The van der Waals surface area contributed by atoms with Crippen molar-refractivity contribution in [2.45, 2.75) is 12.7 Å². The zero-order valence-electron chi connectivity index (χ0n) is 16.5. The second kappa shape index (κ2) is 8.63. The first-order chi connectivity index (χ1) is 14.7. The molecule has 1 heterocycles. The van der Waals surface area contributed by atoms with Gasteiger partial charge in [-0.05, 0) is 72.2 Å². The summed E-state index contributed by atoms with van der Waals surface area (Å²) in [4.78, 5) is 3.29. The number of fused-ring (bicyclic) bond motifs is 1. The van der Waals surface area contributed by atoms with Gasteiger partial charge >= 0.3 is 0 Å². The maximum atomic E-state index is 13.5. The molecule has 0 atom stereocenters. The lowest BCUT2D eigenvalue weighted by molar-refractivity contribution is 0.605. The summed E-state index contributed by atoms with van der Waals surface area (Å²) >= 11 is 17.5. The van der Waals surface area contributed by atoms with Gasteiger partial charge in [0.2, 0.25) is 0 Å². The van der Waals surface area contributed by atoms with Crippen molar-refractivity contribution in [2.24, 2.45) is 0 Å². The largest absolute Gasteiger partial charge is 0.330 e. The number of H-pyrrole nitrogens is 1. The molecule has 0 fully saturated rings. The van der Waals surface area contributed by atoms with E-state index in [-0.39, 0.29) is 10.7 Å². The molecule has 0 saturated carbocycles. The molecule has 1 N–H and O–H groups in total. The predicted octanol–water partition coefficient (Wildman–Crippen LogP) is 6.88. The molecule has 0 spiro atoms. The summed E-state index contributed by atoms with van der Waals surface area (Å²) in [6.07, 6.45) is 1.57. The molecule has 0 saturated heterocycles. The number of rotatable bonds is 5. The standard InChI is InChI=1S/C23H18Cl2N2O2S2/c1-15-2-11-21-20(12-15)26-23(30)27(21)13-22(17-5-9-19(25)10-6-17)31(28,29)14-16-3-7-18(24)8-4-16/h2-13H,14H2,1H3,(H,26,30)/b22-13-. The van der Waals surface area contributed by atoms with E-state index in [0.29, 0.717) is 25.9 Å². The maximum Gasteiger partial charge on any atom is 0.184 e. The van der Waals surface area contributed by atoms with Crippen LogP contribution in [0.15, 0.2) is 66.7 Å². The number of aromatic amines is 1. The van der Waals surface area contributed by atoms with Gasteiger partial charge in [-0.15, -0.1) is 0 Å². The van der Waals surface area contributed by atoms with E-state index in [1.54, 1.807) is 59.3 Å². The second-order valence-electron chi connectivity index (χ2n) is 7.21. The normalized spacial score (nSPS) is 12.4. The molecule has 158 valence electrons. The molecule has 0 aliphatic heterocycles. The van der Waals surface area contributed by atoms with E-state index in [9.17, 15) is 8.42 Å². The molecule has 0 bridgehead atoms. The molecule has 0 aliphatic carbocycles. The Kier molecular flexibility index (Phi) is 6.08. The van der Waals surface area contributed by atoms with E-state index in [0.717, 1.165) is 16.6 Å². The summed E-state index contributed by atoms with van der Waals surface area (Å²) in [6.45, 7) is 1.99. The first kappa shape index (κ1) is 21.8. The van der Waals surface area contributed by atoms with E-state index in [1.807, 2.05) is 25.1 Å². The Balaban J connectivity index is 1.89. The molecular formula is C23H18Cl2N2O2S2. The molecule has 1 aromatic heterocycles. The van der Waals surface area contributed by atoms with Gasteiger partial charge in [-0.1, -0.05) is 53.5 Å². The van der Waals surface area contributed by atoms with Gasteiger partial charge in [0.25, 0.3) is 0 Å². The number of halogens is 2. The number of benzene rings is 3. The Hall–Kier alpha value is -2.38. The highest BCUT2D eigenvalue weighted by molar-refractivity contribution is 8.00. The highest BCUT2D eigenvalue weighted by atomic mass is 35.5. The van der Waals surface area contributed by atoms with E-state index >= 15 is 0 Å². The van der Waals surface area contributed by atoms with Crippen LogP contribution < -0.4 is 0 Å². The summed E-state index contributed by atoms with van der Waals surface area (Å²) < 4.78 is 29.1. The van der Waals surface area contributed by atoms with E-state index in [1.165, 1.54) is 0 Å². The van der Waals surface area contributed by atoms with Crippen LogP contribution in [0.25, 0.3) is 22.1 Å². The van der Waals surface area contributed by atoms with Crippen LogP contribution in [0.5, 0.6) is 0 Å². The topological polar surface area (TPSA) is 54.9 Å². The summed E-state index contributed by atoms with van der Waals surface area (Å²) in [6, 6.07) is 19.3. The monoisotopic (exact) mass is 488 g/mol. The van der Waals surface area contributed by atoms with Gasteiger partial charge < -0.3 is 4.98 Å². The van der Waals surface area contributed by atoms with Gasteiger partial charge in [0.05, 0.1) is 21.7 Å². The lowest BCUT2D eigenvalue weighted by atomic mass is 10.2. The molecule has 4 rings (SSSR count). The van der Waals surface area contributed by atoms with Crippen molar-refractivity contribution in [3.63, 3.8) is 0 Å². The van der Waals surface area contributed by atoms with Crippen molar-refractivity contribution in [3.8, 4) is 0 Å². The Morgan fingerprint density at radius 3 is 2.26 bits per heavy atom. The van der Waals surface area contributed by atoms with Crippen molar-refractivity contribution in [2.75, 3.05) is 0 Å². The van der Waals surface area contributed by atoms with Gasteiger partial charge in [-0.25, -0.2) is 8.42 Å². The molecule has 4 nitrogen and oxygen atoms in total. The summed E-state index contributed by atoms with van der Waals surface area (Å²) in [7, 11) is -3.73. The molecule has 0 radical (unpaired) electrons. The van der Waals surface area contributed by atoms with Gasteiger partial charge in [-0.2, -0.15) is 0 Å². The lowest BCUT2D eigenvalue weighted by Crippen LogP contribution is -2.08. The number of hydrogen-bond acceptors (Lipinski definition) is 3. The lowest BCUT2D eigenvalue weighted by Gasteiger charge is -2.11. The van der Waals surface area contributed by atoms with Gasteiger partial charge in [0.1, 0.15) is 0 Å². The predicted molar refractivity (Wildman–Crippen MR) is 132 cm³/mol. The van der Waals surface area contributed by atoms with E-state index in [4.69, 9.17) is 35.4 Å². The molecule has 8 heteroatoms. The van der Waals surface area contributed by atoms with Crippen LogP contribution in [-0.4, -0.2) is 18.0 Å². The highest BCUT2D eigenvalue weighted by Gasteiger charge is 2.22. The third kappa shape index (κ3) is 4.77. The zero-order chi connectivity index (χ0) is 22.2. The molecule has 4 aromatic rings. The van der Waals surface area contributed by atoms with E-state index in [2.05, 4.69) is 4.98 Å². The fourth-order valence-electron chi connectivity index (χ4n) is 3.32. The van der Waals surface area contributed by atoms with Crippen LogP contribution in [0.3, 0.4) is 0 Å². The third-order valence-corrected chi connectivity index (χ3v) is 7.38. The fourth-order valence-corrected chi connectivity index (χ4v) is 5.38. The second-order valence-corrected chi connectivity index (χ2v) is 10.4. The minimum absolute atomic E-state index is 0.150. The average Bonchev–Trinajstić information content (AvgIpc) is 3.02. The van der Waals surface area contributed by atoms with Crippen LogP contribution in [0.2, 0.25) is 10.0 Å². The van der Waals surface area contributed by atoms with Crippen molar-refractivity contribution >= 4 is 67.4 Å². The number of sulfone groups is 1. The molecule has 3 aromatic carbocycles. The fraction of sp³-hybridized carbons (Fsp3) is 0.0870. The smallest absolute Gasteiger partial charge is 0.184 e. The molecular weight excluding hydrogens is 471 g/mol. The Morgan fingerprint density at radius 1 is 1.00 bits per heavy atom. The number of nitrogens with zero attached hydrogens (tertiary/aromatic N) is 1. The van der Waals surface area contributed by atoms with Crippen LogP contribution in [-0.2, 0) is 15.6 Å². The van der Waals surface area contributed by atoms with Crippen LogP contribution >= 0.6 is 35.4 Å². The number of nitrogens with one attached hydrogen (secondary N) is 1. The van der Waals surface area contributed by atoms with Crippen molar-refractivity contribution in [1.82, 2.24) is 9.55 Å². The van der Waals surface area contributed by atoms with Crippen molar-refractivity contribution in [3.05, 3.63) is 98.2 Å². The SMILES string of the molecule is Cc1ccc2c(c1)[nH]c(=S)n2/C=C(/c1ccc(Cl)cc1)S(=O)(=O)Cc1ccc(Cl)cc1. The quantitative estimate of drug-likeness (QED) is 0.311. The first-order valence-electron chi connectivity index (χ1n) is 9.39.